The molecule has 1 amide bonds. The highest BCUT2D eigenvalue weighted by atomic mass is 19.1. The van der Waals surface area contributed by atoms with Gasteiger partial charge in [0.2, 0.25) is 0 Å². The third-order valence-corrected chi connectivity index (χ3v) is 4.28. The molecule has 1 fully saturated rings. The molecule has 0 aliphatic carbocycles. The number of rotatable bonds is 5. The van der Waals surface area contributed by atoms with Gasteiger partial charge in [0.1, 0.15) is 5.82 Å². The van der Waals surface area contributed by atoms with Crippen LogP contribution in [-0.2, 0) is 6.42 Å². The molecule has 1 aromatic carbocycles. The van der Waals surface area contributed by atoms with Crippen molar-refractivity contribution in [2.24, 2.45) is 0 Å². The molecule has 0 bridgehead atoms. The van der Waals surface area contributed by atoms with Crippen molar-refractivity contribution in [1.82, 2.24) is 9.88 Å². The molecule has 0 saturated carbocycles. The molecule has 1 N–H and O–H groups in total. The van der Waals surface area contributed by atoms with Crippen LogP contribution in [-0.4, -0.2) is 35.4 Å². The van der Waals surface area contributed by atoms with Gasteiger partial charge in [0, 0.05) is 32.0 Å². The first-order valence-corrected chi connectivity index (χ1v) is 8.45. The number of aromatic nitrogens is 1. The highest BCUT2D eigenvalue weighted by Crippen LogP contribution is 2.15. The highest BCUT2D eigenvalue weighted by molar-refractivity contribution is 5.94. The molecule has 1 aliphatic heterocycles. The number of piperidine rings is 1. The van der Waals surface area contributed by atoms with Crippen LogP contribution >= 0.6 is 0 Å². The van der Waals surface area contributed by atoms with E-state index in [-0.39, 0.29) is 11.7 Å². The second kappa shape index (κ2) is 7.90. The largest absolute Gasteiger partial charge is 0.383 e. The van der Waals surface area contributed by atoms with Crippen molar-refractivity contribution in [3.8, 4) is 0 Å². The van der Waals surface area contributed by atoms with Gasteiger partial charge < -0.3 is 10.2 Å². The van der Waals surface area contributed by atoms with Gasteiger partial charge in [-0.1, -0.05) is 12.1 Å². The monoisotopic (exact) mass is 327 g/mol. The number of anilines is 1. The Morgan fingerprint density at radius 2 is 1.88 bits per heavy atom. The van der Waals surface area contributed by atoms with Crippen molar-refractivity contribution in [2.75, 3.05) is 25.0 Å². The van der Waals surface area contributed by atoms with Crippen LogP contribution in [0.4, 0.5) is 10.1 Å². The van der Waals surface area contributed by atoms with Crippen LogP contribution in [0.15, 0.2) is 42.7 Å². The number of nitrogens with one attached hydrogen (secondary N) is 1. The zero-order valence-electron chi connectivity index (χ0n) is 13.7. The van der Waals surface area contributed by atoms with Crippen molar-refractivity contribution in [3.05, 3.63) is 59.7 Å². The first kappa shape index (κ1) is 16.4. The fraction of sp³-hybridized carbons (Fsp3) is 0.368. The molecule has 0 spiro atoms. The summed E-state index contributed by atoms with van der Waals surface area (Å²) in [7, 11) is 0. The van der Waals surface area contributed by atoms with E-state index >= 15 is 0 Å². The molecule has 5 heteroatoms. The number of likely N-dealkylation sites (tertiary alicyclic amines) is 1. The van der Waals surface area contributed by atoms with Gasteiger partial charge in [0.15, 0.2) is 0 Å². The third-order valence-electron chi connectivity index (χ3n) is 4.28. The first-order valence-electron chi connectivity index (χ1n) is 8.45. The van der Waals surface area contributed by atoms with E-state index in [0.29, 0.717) is 12.1 Å². The summed E-state index contributed by atoms with van der Waals surface area (Å²) in [5, 5.41) is 3.28. The normalized spacial score (nSPS) is 14.5. The maximum Gasteiger partial charge on any atom is 0.255 e. The van der Waals surface area contributed by atoms with Crippen molar-refractivity contribution in [2.45, 2.75) is 25.7 Å². The fourth-order valence-electron chi connectivity index (χ4n) is 2.94. The Kier molecular flexibility index (Phi) is 5.41. The Morgan fingerprint density at radius 1 is 1.12 bits per heavy atom. The molecule has 3 rings (SSSR count). The zero-order chi connectivity index (χ0) is 16.8. The van der Waals surface area contributed by atoms with Crippen LogP contribution in [0, 0.1) is 5.82 Å². The lowest BCUT2D eigenvalue weighted by Crippen LogP contribution is -2.35. The van der Waals surface area contributed by atoms with Gasteiger partial charge in [0.05, 0.1) is 11.3 Å². The highest BCUT2D eigenvalue weighted by Gasteiger charge is 2.18. The molecule has 1 aromatic heterocycles. The molecule has 2 heterocycles. The van der Waals surface area contributed by atoms with Crippen LogP contribution in [0.1, 0.15) is 35.2 Å². The molecular formula is C19H22FN3O. The van der Waals surface area contributed by atoms with Crippen molar-refractivity contribution >= 4 is 11.6 Å². The molecular weight excluding hydrogens is 305 g/mol. The van der Waals surface area contributed by atoms with Gasteiger partial charge in [0.25, 0.3) is 5.91 Å². The van der Waals surface area contributed by atoms with E-state index in [1.807, 2.05) is 11.0 Å². The Balaban J connectivity index is 1.56. The lowest BCUT2D eigenvalue weighted by Gasteiger charge is -2.26. The lowest BCUT2D eigenvalue weighted by atomic mass is 10.1. The summed E-state index contributed by atoms with van der Waals surface area (Å²) < 4.78 is 12.9. The molecule has 4 nitrogen and oxygen atoms in total. The molecule has 2 aromatic rings. The second-order valence-corrected chi connectivity index (χ2v) is 6.12. The van der Waals surface area contributed by atoms with E-state index in [0.717, 1.165) is 43.6 Å². The van der Waals surface area contributed by atoms with Crippen molar-refractivity contribution in [3.63, 3.8) is 0 Å². The van der Waals surface area contributed by atoms with E-state index < -0.39 is 0 Å². The predicted octanol–water partition coefficient (Wildman–Crippen LogP) is 3.50. The summed E-state index contributed by atoms with van der Waals surface area (Å²) in [5.41, 5.74) is 2.53. The molecule has 1 aliphatic rings. The van der Waals surface area contributed by atoms with Gasteiger partial charge >= 0.3 is 0 Å². The number of amides is 1. The summed E-state index contributed by atoms with van der Waals surface area (Å²) >= 11 is 0. The van der Waals surface area contributed by atoms with Gasteiger partial charge in [-0.05, 0) is 49.4 Å². The average Bonchev–Trinajstić information content (AvgIpc) is 2.64. The predicted molar refractivity (Wildman–Crippen MR) is 92.6 cm³/mol. The van der Waals surface area contributed by atoms with Crippen LogP contribution in [0.5, 0.6) is 0 Å². The molecule has 1 saturated heterocycles. The summed E-state index contributed by atoms with van der Waals surface area (Å²) in [6, 6.07) is 8.36. The van der Waals surface area contributed by atoms with Gasteiger partial charge in [-0.3, -0.25) is 9.78 Å². The van der Waals surface area contributed by atoms with Gasteiger partial charge in [-0.2, -0.15) is 0 Å². The summed E-state index contributed by atoms with van der Waals surface area (Å²) in [4.78, 5) is 18.6. The number of pyridine rings is 1. The number of benzene rings is 1. The summed E-state index contributed by atoms with van der Waals surface area (Å²) in [6.07, 6.45) is 7.49. The Labute approximate surface area is 141 Å². The van der Waals surface area contributed by atoms with E-state index in [1.165, 1.54) is 18.6 Å². The minimum atomic E-state index is -0.222. The van der Waals surface area contributed by atoms with E-state index in [9.17, 15) is 9.18 Å². The smallest absolute Gasteiger partial charge is 0.255 e. The lowest BCUT2D eigenvalue weighted by molar-refractivity contribution is 0.0724. The number of nitrogens with zero attached hydrogens (tertiary/aromatic N) is 2. The maximum atomic E-state index is 12.9. The number of hydrogen-bond acceptors (Lipinski definition) is 3. The molecule has 24 heavy (non-hydrogen) atoms. The maximum absolute atomic E-state index is 12.9. The third kappa shape index (κ3) is 4.31. The molecule has 0 radical (unpaired) electrons. The number of carbonyl (C=O) groups excluding carboxylic acids is 1. The van der Waals surface area contributed by atoms with Crippen LogP contribution < -0.4 is 5.32 Å². The van der Waals surface area contributed by atoms with Crippen molar-refractivity contribution in [1.29, 1.82) is 0 Å². The average molecular weight is 327 g/mol. The quantitative estimate of drug-likeness (QED) is 0.914. The molecule has 126 valence electrons. The Hall–Kier alpha value is -2.43. The van der Waals surface area contributed by atoms with Gasteiger partial charge in [-0.25, -0.2) is 4.39 Å². The minimum absolute atomic E-state index is 0.0596. The van der Waals surface area contributed by atoms with Crippen LogP contribution in [0.3, 0.4) is 0 Å². The number of halogens is 1. The number of hydrogen-bond donors (Lipinski definition) is 1. The zero-order valence-corrected chi connectivity index (χ0v) is 13.7. The van der Waals surface area contributed by atoms with E-state index in [4.69, 9.17) is 0 Å². The fourth-order valence-corrected chi connectivity index (χ4v) is 2.94. The van der Waals surface area contributed by atoms with E-state index in [1.54, 1.807) is 24.5 Å². The Bertz CT molecular complexity index is 681. The summed E-state index contributed by atoms with van der Waals surface area (Å²) in [6.45, 7) is 2.37. The van der Waals surface area contributed by atoms with Crippen molar-refractivity contribution < 1.29 is 9.18 Å². The first-order chi connectivity index (χ1) is 11.7. The molecule has 0 unspecified atom stereocenters. The molecule has 0 atom stereocenters. The number of carbonyl (C=O) groups is 1. The van der Waals surface area contributed by atoms with E-state index in [2.05, 4.69) is 10.3 Å². The standard InChI is InChI=1S/C19H22FN3O/c20-17-6-4-15(5-7-17)8-9-22-18-12-16(13-21-14-18)19(24)23-10-2-1-3-11-23/h4-7,12-14,22H,1-3,8-11H2. The minimum Gasteiger partial charge on any atom is -0.383 e. The van der Waals surface area contributed by atoms with Gasteiger partial charge in [-0.15, -0.1) is 0 Å². The topological polar surface area (TPSA) is 45.2 Å². The SMILES string of the molecule is O=C(c1cncc(NCCc2ccc(F)cc2)c1)N1CCCCC1. The second-order valence-electron chi connectivity index (χ2n) is 6.12. The van der Waals surface area contributed by atoms with Crippen LogP contribution in [0.2, 0.25) is 0 Å². The Morgan fingerprint density at radius 3 is 2.62 bits per heavy atom. The summed E-state index contributed by atoms with van der Waals surface area (Å²) in [5.74, 6) is -0.163. The van der Waals surface area contributed by atoms with Crippen LogP contribution in [0.25, 0.3) is 0 Å².